The highest BCUT2D eigenvalue weighted by molar-refractivity contribution is 5.46. The summed E-state index contributed by atoms with van der Waals surface area (Å²) in [5, 5.41) is 9.45. The highest BCUT2D eigenvalue weighted by Crippen LogP contribution is 2.29. The van der Waals surface area contributed by atoms with E-state index in [1.165, 1.54) is 12.3 Å². The molecule has 3 N–H and O–H groups in total. The predicted octanol–water partition coefficient (Wildman–Crippen LogP) is 4.09. The van der Waals surface area contributed by atoms with Gasteiger partial charge in [-0.25, -0.2) is 0 Å². The first kappa shape index (κ1) is 20.8. The summed E-state index contributed by atoms with van der Waals surface area (Å²) in [5.41, 5.74) is 6.71. The SMILES string of the molecule is CCc1cc(O)cc(C)c1OCCCN.FC(F)(F)c1cccnc1. The van der Waals surface area contributed by atoms with Crippen molar-refractivity contribution in [3.05, 3.63) is 53.3 Å². The van der Waals surface area contributed by atoms with Crippen LogP contribution in [0.25, 0.3) is 0 Å². The maximum atomic E-state index is 11.7. The second-order valence-corrected chi connectivity index (χ2v) is 5.33. The molecule has 0 atom stereocenters. The van der Waals surface area contributed by atoms with E-state index in [-0.39, 0.29) is 0 Å². The first-order valence-corrected chi connectivity index (χ1v) is 7.92. The predicted molar refractivity (Wildman–Crippen MR) is 90.6 cm³/mol. The number of rotatable bonds is 5. The van der Waals surface area contributed by atoms with Crippen LogP contribution >= 0.6 is 0 Å². The van der Waals surface area contributed by atoms with E-state index >= 15 is 0 Å². The number of phenolic OH excluding ortho intramolecular Hbond substituents is 1. The minimum absolute atomic E-state index is 0.301. The minimum Gasteiger partial charge on any atom is -0.508 e. The molecule has 0 saturated carbocycles. The number of aryl methyl sites for hydroxylation is 2. The zero-order valence-electron chi connectivity index (χ0n) is 14.3. The number of nitrogens with two attached hydrogens (primary N) is 1. The summed E-state index contributed by atoms with van der Waals surface area (Å²) in [5.74, 6) is 1.19. The van der Waals surface area contributed by atoms with Crippen LogP contribution in [0.15, 0.2) is 36.7 Å². The van der Waals surface area contributed by atoms with Crippen molar-refractivity contribution in [1.29, 1.82) is 0 Å². The van der Waals surface area contributed by atoms with E-state index in [1.54, 1.807) is 12.1 Å². The van der Waals surface area contributed by atoms with E-state index in [4.69, 9.17) is 10.5 Å². The summed E-state index contributed by atoms with van der Waals surface area (Å²) in [6.07, 6.45) is -0.472. The Kier molecular flexibility index (Phi) is 8.21. The van der Waals surface area contributed by atoms with Crippen LogP contribution in [0.3, 0.4) is 0 Å². The van der Waals surface area contributed by atoms with Crippen molar-refractivity contribution in [3.8, 4) is 11.5 Å². The Hall–Kier alpha value is -2.28. The van der Waals surface area contributed by atoms with E-state index in [0.29, 0.717) is 18.9 Å². The molecule has 0 unspecified atom stereocenters. The normalized spacial score (nSPS) is 10.8. The van der Waals surface area contributed by atoms with Gasteiger partial charge in [0.25, 0.3) is 0 Å². The molecule has 0 aliphatic carbocycles. The van der Waals surface area contributed by atoms with E-state index in [1.807, 2.05) is 13.8 Å². The molecule has 1 heterocycles. The van der Waals surface area contributed by atoms with Gasteiger partial charge in [-0.15, -0.1) is 0 Å². The molecule has 0 fully saturated rings. The van der Waals surface area contributed by atoms with Gasteiger partial charge in [0.2, 0.25) is 0 Å². The summed E-state index contributed by atoms with van der Waals surface area (Å²) in [6.45, 7) is 5.26. The number of halogens is 3. The van der Waals surface area contributed by atoms with Crippen molar-refractivity contribution in [1.82, 2.24) is 4.98 Å². The number of pyridine rings is 1. The van der Waals surface area contributed by atoms with Gasteiger partial charge in [0.05, 0.1) is 12.2 Å². The molecule has 2 aromatic rings. The van der Waals surface area contributed by atoms with Crippen LogP contribution in [0.4, 0.5) is 13.2 Å². The van der Waals surface area contributed by atoms with E-state index < -0.39 is 11.7 Å². The van der Waals surface area contributed by atoms with Gasteiger partial charge >= 0.3 is 6.18 Å². The number of phenols is 1. The molecule has 0 radical (unpaired) electrons. The second kappa shape index (κ2) is 9.88. The summed E-state index contributed by atoms with van der Waals surface area (Å²) >= 11 is 0. The molecule has 0 amide bonds. The molecule has 0 saturated heterocycles. The van der Waals surface area contributed by atoms with Crippen molar-refractivity contribution in [2.24, 2.45) is 5.73 Å². The summed E-state index contributed by atoms with van der Waals surface area (Å²) in [7, 11) is 0. The molecule has 2 rings (SSSR count). The number of nitrogens with zero attached hydrogens (tertiary/aromatic N) is 1. The maximum Gasteiger partial charge on any atom is 0.417 e. The minimum atomic E-state index is -4.27. The van der Waals surface area contributed by atoms with E-state index in [0.717, 1.165) is 42.0 Å². The lowest BCUT2D eigenvalue weighted by molar-refractivity contribution is -0.137. The number of ether oxygens (including phenoxy) is 1. The van der Waals surface area contributed by atoms with Gasteiger partial charge < -0.3 is 15.6 Å². The van der Waals surface area contributed by atoms with Gasteiger partial charge in [0, 0.05) is 12.4 Å². The van der Waals surface area contributed by atoms with E-state index in [2.05, 4.69) is 4.98 Å². The van der Waals surface area contributed by atoms with Crippen LogP contribution in [0.1, 0.15) is 30.0 Å². The fraction of sp³-hybridized carbons (Fsp3) is 0.389. The quantitative estimate of drug-likeness (QED) is 0.792. The number of hydrogen-bond acceptors (Lipinski definition) is 4. The van der Waals surface area contributed by atoms with Gasteiger partial charge in [0.1, 0.15) is 11.5 Å². The van der Waals surface area contributed by atoms with Crippen LogP contribution in [0.5, 0.6) is 11.5 Å². The van der Waals surface area contributed by atoms with Crippen LogP contribution < -0.4 is 10.5 Å². The van der Waals surface area contributed by atoms with E-state index in [9.17, 15) is 18.3 Å². The van der Waals surface area contributed by atoms with Crippen molar-refractivity contribution in [3.63, 3.8) is 0 Å². The van der Waals surface area contributed by atoms with Crippen molar-refractivity contribution >= 4 is 0 Å². The molecule has 1 aromatic carbocycles. The molecule has 0 spiro atoms. The fourth-order valence-corrected chi connectivity index (χ4v) is 2.08. The number of hydrogen-bond donors (Lipinski definition) is 2. The van der Waals surface area contributed by atoms with Gasteiger partial charge in [0.15, 0.2) is 0 Å². The highest BCUT2D eigenvalue weighted by Gasteiger charge is 2.30. The largest absolute Gasteiger partial charge is 0.508 e. The van der Waals surface area contributed by atoms with Crippen LogP contribution in [0, 0.1) is 6.92 Å². The monoisotopic (exact) mass is 356 g/mol. The summed E-state index contributed by atoms with van der Waals surface area (Å²) in [6, 6.07) is 5.71. The molecular weight excluding hydrogens is 333 g/mol. The van der Waals surface area contributed by atoms with Gasteiger partial charge in [-0.2, -0.15) is 13.2 Å². The molecule has 7 heteroatoms. The Morgan fingerprint density at radius 1 is 1.28 bits per heavy atom. The lowest BCUT2D eigenvalue weighted by Gasteiger charge is -2.13. The topological polar surface area (TPSA) is 68.4 Å². The summed E-state index contributed by atoms with van der Waals surface area (Å²) < 4.78 is 40.9. The van der Waals surface area contributed by atoms with Crippen molar-refractivity contribution in [2.45, 2.75) is 32.9 Å². The fourth-order valence-electron chi connectivity index (χ4n) is 2.08. The number of alkyl halides is 3. The third-order valence-electron chi connectivity index (χ3n) is 3.30. The molecule has 4 nitrogen and oxygen atoms in total. The van der Waals surface area contributed by atoms with Gasteiger partial charge in [-0.05, 0) is 61.7 Å². The Morgan fingerprint density at radius 3 is 2.48 bits per heavy atom. The lowest BCUT2D eigenvalue weighted by atomic mass is 10.1. The molecule has 1 aromatic heterocycles. The zero-order chi connectivity index (χ0) is 18.9. The third kappa shape index (κ3) is 7.01. The van der Waals surface area contributed by atoms with Crippen molar-refractivity contribution in [2.75, 3.05) is 13.2 Å². The Labute approximate surface area is 145 Å². The molecule has 25 heavy (non-hydrogen) atoms. The van der Waals surface area contributed by atoms with Crippen LogP contribution in [0.2, 0.25) is 0 Å². The Morgan fingerprint density at radius 2 is 2.00 bits per heavy atom. The average Bonchev–Trinajstić information content (AvgIpc) is 2.57. The maximum absolute atomic E-state index is 11.7. The summed E-state index contributed by atoms with van der Waals surface area (Å²) in [4.78, 5) is 3.33. The number of aromatic hydroxyl groups is 1. The van der Waals surface area contributed by atoms with Gasteiger partial charge in [-0.1, -0.05) is 6.92 Å². The standard InChI is InChI=1S/C12H19NO2.C6H4F3N/c1-3-10-8-11(14)7-9(2)12(10)15-6-4-5-13;7-6(8,9)5-2-1-3-10-4-5/h7-8,14H,3-6,13H2,1-2H3;1-4H. The first-order valence-electron chi connectivity index (χ1n) is 7.92. The van der Waals surface area contributed by atoms with Crippen LogP contribution in [-0.2, 0) is 12.6 Å². The van der Waals surface area contributed by atoms with Crippen LogP contribution in [-0.4, -0.2) is 23.2 Å². The zero-order valence-corrected chi connectivity index (χ0v) is 14.3. The molecule has 0 aliphatic rings. The number of benzene rings is 1. The lowest BCUT2D eigenvalue weighted by Crippen LogP contribution is -2.07. The highest BCUT2D eigenvalue weighted by atomic mass is 19.4. The third-order valence-corrected chi connectivity index (χ3v) is 3.30. The second-order valence-electron chi connectivity index (χ2n) is 5.33. The molecular formula is C18H23F3N2O2. The Bertz CT molecular complexity index is 647. The molecule has 138 valence electrons. The smallest absolute Gasteiger partial charge is 0.417 e. The molecule has 0 aliphatic heterocycles. The average molecular weight is 356 g/mol. The Balaban J connectivity index is 0.000000271. The molecule has 0 bridgehead atoms. The van der Waals surface area contributed by atoms with Crippen molar-refractivity contribution < 1.29 is 23.0 Å². The van der Waals surface area contributed by atoms with Gasteiger partial charge in [-0.3, -0.25) is 4.98 Å². The first-order chi connectivity index (χ1) is 11.8. The number of aromatic nitrogens is 1.